The van der Waals surface area contributed by atoms with Crippen molar-refractivity contribution in [3.05, 3.63) is 24.2 Å². The van der Waals surface area contributed by atoms with Gasteiger partial charge in [-0.05, 0) is 32.8 Å². The van der Waals surface area contributed by atoms with Gasteiger partial charge in [-0.3, -0.25) is 4.68 Å². The number of nitrogens with one attached hydrogen (secondary N) is 2. The van der Waals surface area contributed by atoms with E-state index in [0.29, 0.717) is 25.0 Å². The van der Waals surface area contributed by atoms with Crippen LogP contribution in [0.1, 0.15) is 31.5 Å². The second kappa shape index (κ2) is 6.72. The summed E-state index contributed by atoms with van der Waals surface area (Å²) >= 11 is 0. The second-order valence-corrected chi connectivity index (χ2v) is 6.13. The van der Waals surface area contributed by atoms with Gasteiger partial charge in [-0.15, -0.1) is 0 Å². The van der Waals surface area contributed by atoms with Gasteiger partial charge in [0, 0.05) is 19.0 Å². The van der Waals surface area contributed by atoms with Crippen LogP contribution in [0.4, 0.5) is 11.6 Å². The van der Waals surface area contributed by atoms with Crippen molar-refractivity contribution in [3.8, 4) is 5.88 Å². The lowest BCUT2D eigenvalue weighted by atomic mass is 10.1. The number of rotatable bonds is 5. The van der Waals surface area contributed by atoms with Crippen LogP contribution in [0.2, 0.25) is 0 Å². The van der Waals surface area contributed by atoms with Crippen molar-refractivity contribution in [2.24, 2.45) is 0 Å². The van der Waals surface area contributed by atoms with Gasteiger partial charge in [-0.1, -0.05) is 0 Å². The van der Waals surface area contributed by atoms with E-state index < -0.39 is 0 Å². The maximum absolute atomic E-state index is 5.64. The van der Waals surface area contributed by atoms with Crippen LogP contribution in [0.3, 0.4) is 0 Å². The third kappa shape index (κ3) is 3.17. The Kier molecular flexibility index (Phi) is 4.27. The number of H-pyrrole nitrogens is 1. The predicted molar refractivity (Wildman–Crippen MR) is 94.4 cm³/mol. The van der Waals surface area contributed by atoms with Gasteiger partial charge in [0.1, 0.15) is 5.65 Å². The summed E-state index contributed by atoms with van der Waals surface area (Å²) in [6, 6.07) is 2.20. The zero-order chi connectivity index (χ0) is 17.2. The molecule has 0 saturated carbocycles. The molecule has 1 atom stereocenters. The first-order valence-corrected chi connectivity index (χ1v) is 8.63. The lowest BCUT2D eigenvalue weighted by molar-refractivity contribution is 0.0549. The molecule has 2 N–H and O–H groups in total. The van der Waals surface area contributed by atoms with E-state index in [9.17, 15) is 0 Å². The minimum atomic E-state index is 0.286. The van der Waals surface area contributed by atoms with E-state index in [4.69, 9.17) is 9.47 Å². The van der Waals surface area contributed by atoms with E-state index in [0.717, 1.165) is 41.9 Å². The molecular formula is C17H22N6O2. The van der Waals surface area contributed by atoms with Gasteiger partial charge in [0.2, 0.25) is 11.8 Å². The first kappa shape index (κ1) is 15.9. The third-order valence-electron chi connectivity index (χ3n) is 4.34. The highest BCUT2D eigenvalue weighted by atomic mass is 16.5. The number of hydrogen-bond acceptors (Lipinski definition) is 6. The summed E-state index contributed by atoms with van der Waals surface area (Å²) < 4.78 is 13.2. The summed E-state index contributed by atoms with van der Waals surface area (Å²) in [7, 11) is 0. The second-order valence-electron chi connectivity index (χ2n) is 6.13. The molecule has 8 nitrogen and oxygen atoms in total. The van der Waals surface area contributed by atoms with E-state index in [-0.39, 0.29) is 6.04 Å². The molecular weight excluding hydrogens is 320 g/mol. The number of aromatic nitrogens is 5. The average Bonchev–Trinajstić information content (AvgIpc) is 3.23. The Hall–Kier alpha value is -2.61. The summed E-state index contributed by atoms with van der Waals surface area (Å²) in [4.78, 5) is 12.1. The van der Waals surface area contributed by atoms with E-state index in [1.54, 1.807) is 0 Å². The third-order valence-corrected chi connectivity index (χ3v) is 4.34. The number of aromatic amines is 1. The number of aryl methyl sites for hydroxylation is 1. The van der Waals surface area contributed by atoms with Crippen molar-refractivity contribution in [3.63, 3.8) is 0 Å². The van der Waals surface area contributed by atoms with Gasteiger partial charge in [0.05, 0.1) is 36.0 Å². The average molecular weight is 342 g/mol. The minimum Gasteiger partial charge on any atom is -0.477 e. The van der Waals surface area contributed by atoms with Crippen LogP contribution in [-0.4, -0.2) is 44.6 Å². The molecule has 0 aromatic carbocycles. The first-order valence-electron chi connectivity index (χ1n) is 8.63. The molecule has 8 heteroatoms. The molecule has 1 saturated heterocycles. The largest absolute Gasteiger partial charge is 0.477 e. The van der Waals surface area contributed by atoms with Crippen LogP contribution in [0.5, 0.6) is 5.88 Å². The first-order chi connectivity index (χ1) is 12.2. The number of hydrogen-bond donors (Lipinski definition) is 2. The fourth-order valence-corrected chi connectivity index (χ4v) is 3.06. The van der Waals surface area contributed by atoms with Crippen LogP contribution < -0.4 is 10.1 Å². The minimum absolute atomic E-state index is 0.286. The highest BCUT2D eigenvalue weighted by molar-refractivity contribution is 5.82. The number of ether oxygens (including phenoxy) is 2. The fraction of sp³-hybridized carbons (Fsp3) is 0.471. The van der Waals surface area contributed by atoms with E-state index >= 15 is 0 Å². The van der Waals surface area contributed by atoms with E-state index in [1.807, 2.05) is 37.0 Å². The Balaban J connectivity index is 1.61. The molecule has 0 amide bonds. The Morgan fingerprint density at radius 3 is 3.16 bits per heavy atom. The van der Waals surface area contributed by atoms with E-state index in [2.05, 4.69) is 25.4 Å². The van der Waals surface area contributed by atoms with Gasteiger partial charge >= 0.3 is 0 Å². The SMILES string of the molecule is CCOc1nc(Nc2cn(C3CCCOC3)nc2C)nc2[nH]ccc12. The molecule has 1 unspecified atom stereocenters. The summed E-state index contributed by atoms with van der Waals surface area (Å²) in [6.45, 7) is 6.01. The molecule has 1 aliphatic heterocycles. The molecule has 3 aromatic rings. The van der Waals surface area contributed by atoms with Crippen LogP contribution in [0, 0.1) is 6.92 Å². The van der Waals surface area contributed by atoms with Crippen molar-refractivity contribution in [2.45, 2.75) is 32.7 Å². The molecule has 4 heterocycles. The van der Waals surface area contributed by atoms with Crippen molar-refractivity contribution >= 4 is 22.7 Å². The Morgan fingerprint density at radius 2 is 2.36 bits per heavy atom. The molecule has 3 aromatic heterocycles. The Bertz CT molecular complexity index is 865. The summed E-state index contributed by atoms with van der Waals surface area (Å²) in [5.74, 6) is 1.06. The molecule has 0 radical (unpaired) electrons. The molecule has 0 aliphatic carbocycles. The number of anilines is 2. The van der Waals surface area contributed by atoms with Crippen LogP contribution >= 0.6 is 0 Å². The molecule has 0 bridgehead atoms. The quantitative estimate of drug-likeness (QED) is 0.741. The highest BCUT2D eigenvalue weighted by Crippen LogP contribution is 2.27. The summed E-state index contributed by atoms with van der Waals surface area (Å²) in [5.41, 5.74) is 2.53. The molecule has 1 fully saturated rings. The smallest absolute Gasteiger partial charge is 0.232 e. The number of nitrogens with zero attached hydrogens (tertiary/aromatic N) is 4. The number of fused-ring (bicyclic) bond motifs is 1. The van der Waals surface area contributed by atoms with Gasteiger partial charge < -0.3 is 19.8 Å². The highest BCUT2D eigenvalue weighted by Gasteiger charge is 2.19. The lowest BCUT2D eigenvalue weighted by Crippen LogP contribution is -2.21. The Labute approximate surface area is 145 Å². The molecule has 25 heavy (non-hydrogen) atoms. The molecule has 4 rings (SSSR count). The van der Waals surface area contributed by atoms with Gasteiger partial charge in [-0.2, -0.15) is 15.1 Å². The zero-order valence-electron chi connectivity index (χ0n) is 14.5. The van der Waals surface area contributed by atoms with Gasteiger partial charge in [-0.25, -0.2) is 0 Å². The van der Waals surface area contributed by atoms with Gasteiger partial charge in [0.15, 0.2) is 0 Å². The zero-order valence-corrected chi connectivity index (χ0v) is 14.5. The van der Waals surface area contributed by atoms with Crippen molar-refractivity contribution in [1.29, 1.82) is 0 Å². The summed E-state index contributed by atoms with van der Waals surface area (Å²) in [6.07, 6.45) is 5.98. The van der Waals surface area contributed by atoms with E-state index in [1.165, 1.54) is 0 Å². The van der Waals surface area contributed by atoms with Gasteiger partial charge in [0.25, 0.3) is 0 Å². The topological polar surface area (TPSA) is 89.9 Å². The maximum Gasteiger partial charge on any atom is 0.232 e. The standard InChI is InChI=1S/C17H22N6O2/c1-3-25-16-13-6-7-18-15(13)20-17(21-16)19-14-9-23(22-11(14)2)12-5-4-8-24-10-12/h6-7,9,12H,3-5,8,10H2,1-2H3,(H2,18,19,20,21). The van der Waals surface area contributed by atoms with Crippen LogP contribution in [-0.2, 0) is 4.74 Å². The predicted octanol–water partition coefficient (Wildman–Crippen LogP) is 2.96. The maximum atomic E-state index is 5.64. The summed E-state index contributed by atoms with van der Waals surface area (Å²) in [5, 5.41) is 8.76. The van der Waals surface area contributed by atoms with Crippen molar-refractivity contribution < 1.29 is 9.47 Å². The lowest BCUT2D eigenvalue weighted by Gasteiger charge is -2.22. The Morgan fingerprint density at radius 1 is 1.44 bits per heavy atom. The normalized spacial score (nSPS) is 17.8. The molecule has 1 aliphatic rings. The fourth-order valence-electron chi connectivity index (χ4n) is 3.06. The van der Waals surface area contributed by atoms with Crippen LogP contribution in [0.25, 0.3) is 11.0 Å². The monoisotopic (exact) mass is 342 g/mol. The molecule has 0 spiro atoms. The van der Waals surface area contributed by atoms with Crippen molar-refractivity contribution in [1.82, 2.24) is 24.7 Å². The molecule has 132 valence electrons. The van der Waals surface area contributed by atoms with Crippen molar-refractivity contribution in [2.75, 3.05) is 25.1 Å². The van der Waals surface area contributed by atoms with Crippen LogP contribution in [0.15, 0.2) is 18.5 Å².